The molecule has 0 saturated heterocycles. The summed E-state index contributed by atoms with van der Waals surface area (Å²) in [5.74, 6) is -4.12. The number of aliphatic hydroxyl groups excluding tert-OH is 1. The highest BCUT2D eigenvalue weighted by Crippen LogP contribution is 2.05. The third-order valence-electron chi connectivity index (χ3n) is 4.96. The molecule has 0 aliphatic rings. The van der Waals surface area contributed by atoms with Crippen molar-refractivity contribution in [2.75, 3.05) is 13.2 Å². The van der Waals surface area contributed by atoms with Crippen molar-refractivity contribution in [1.82, 2.24) is 25.9 Å². The molecule has 0 spiro atoms. The molecule has 0 aromatic carbocycles. The van der Waals surface area contributed by atoms with Crippen molar-refractivity contribution >= 4 is 29.7 Å². The molecular weight excluding hydrogens is 462 g/mol. The molecule has 0 fully saturated rings. The normalized spacial score (nSPS) is 14.3. The highest BCUT2D eigenvalue weighted by molar-refractivity contribution is 5.94. The number of hydrogen-bond donors (Lipinski definition) is 9. The maximum Gasteiger partial charge on any atom is 0.326 e. The molecule has 1 heterocycles. The number of guanidine groups is 1. The summed E-state index contributed by atoms with van der Waals surface area (Å²) < 4.78 is 0. The molecule has 0 saturated carbocycles. The summed E-state index contributed by atoms with van der Waals surface area (Å²) in [7, 11) is 0. The van der Waals surface area contributed by atoms with Crippen LogP contribution in [0.1, 0.15) is 32.4 Å². The van der Waals surface area contributed by atoms with Crippen LogP contribution in [0.25, 0.3) is 0 Å². The van der Waals surface area contributed by atoms with Gasteiger partial charge in [-0.2, -0.15) is 0 Å². The summed E-state index contributed by atoms with van der Waals surface area (Å²) in [6.45, 7) is 2.58. The van der Waals surface area contributed by atoms with Gasteiger partial charge in [0.2, 0.25) is 17.7 Å². The first-order valence-electron chi connectivity index (χ1n) is 11.0. The summed E-state index contributed by atoms with van der Waals surface area (Å²) in [6, 6.07) is -4.79. The van der Waals surface area contributed by atoms with Gasteiger partial charge in [0.25, 0.3) is 0 Å². The lowest BCUT2D eigenvalue weighted by Crippen LogP contribution is -2.58. The molecule has 196 valence electrons. The van der Waals surface area contributed by atoms with Crippen LogP contribution < -0.4 is 33.2 Å². The number of carbonyl (C=O) groups excluding carboxylic acids is 3. The number of rotatable bonds is 15. The maximum atomic E-state index is 12.9. The van der Waals surface area contributed by atoms with Crippen LogP contribution in [0.4, 0.5) is 0 Å². The lowest BCUT2D eigenvalue weighted by atomic mass is 10.0. The fourth-order valence-corrected chi connectivity index (χ4v) is 3.01. The predicted molar refractivity (Wildman–Crippen MR) is 126 cm³/mol. The molecule has 3 amide bonds. The Hall–Kier alpha value is -3.72. The summed E-state index contributed by atoms with van der Waals surface area (Å²) in [5, 5.41) is 26.0. The van der Waals surface area contributed by atoms with Crippen molar-refractivity contribution in [2.45, 2.75) is 57.3 Å². The first-order chi connectivity index (χ1) is 16.5. The fraction of sp³-hybridized carbons (Fsp3) is 0.600. The zero-order chi connectivity index (χ0) is 26.5. The van der Waals surface area contributed by atoms with Crippen LogP contribution in [0.3, 0.4) is 0 Å². The van der Waals surface area contributed by atoms with Crippen molar-refractivity contribution in [1.29, 1.82) is 0 Å². The molecule has 35 heavy (non-hydrogen) atoms. The highest BCUT2D eigenvalue weighted by Gasteiger charge is 2.31. The first-order valence-corrected chi connectivity index (χ1v) is 11.0. The number of aliphatic hydroxyl groups is 1. The Kier molecular flexibility index (Phi) is 12.2. The lowest BCUT2D eigenvalue weighted by molar-refractivity contribution is -0.143. The number of H-pyrrole nitrogens is 1. The van der Waals surface area contributed by atoms with Crippen LogP contribution in [0.15, 0.2) is 17.5 Å². The number of nitrogens with zero attached hydrogens (tertiary/aromatic N) is 2. The van der Waals surface area contributed by atoms with Crippen molar-refractivity contribution < 1.29 is 29.4 Å². The van der Waals surface area contributed by atoms with Gasteiger partial charge in [-0.3, -0.25) is 19.4 Å². The molecular formula is C20H35N9O6. The number of amides is 3. The minimum Gasteiger partial charge on any atom is -0.480 e. The SMILES string of the molecule is CC(C)C(NC(=O)C(CO)NC(=O)C(CCCN=C(N)N)NC(=O)C(N)Cc1cnc[nH]1)C(=O)O. The van der Waals surface area contributed by atoms with E-state index in [2.05, 4.69) is 30.9 Å². The number of aromatic nitrogens is 2. The van der Waals surface area contributed by atoms with E-state index in [1.165, 1.54) is 12.5 Å². The van der Waals surface area contributed by atoms with Crippen LogP contribution in [-0.4, -0.2) is 87.2 Å². The van der Waals surface area contributed by atoms with Gasteiger partial charge in [0.15, 0.2) is 5.96 Å². The van der Waals surface area contributed by atoms with Gasteiger partial charge in [-0.15, -0.1) is 0 Å². The van der Waals surface area contributed by atoms with Crippen LogP contribution in [-0.2, 0) is 25.6 Å². The first kappa shape index (κ1) is 29.3. The largest absolute Gasteiger partial charge is 0.480 e. The molecule has 1 aromatic heterocycles. The molecule has 15 heteroatoms. The van der Waals surface area contributed by atoms with Gasteiger partial charge < -0.3 is 48.3 Å². The van der Waals surface area contributed by atoms with E-state index in [0.29, 0.717) is 12.1 Å². The van der Waals surface area contributed by atoms with Crippen molar-refractivity contribution in [3.05, 3.63) is 18.2 Å². The highest BCUT2D eigenvalue weighted by atomic mass is 16.4. The third-order valence-corrected chi connectivity index (χ3v) is 4.96. The molecule has 0 aliphatic carbocycles. The second kappa shape index (κ2) is 14.5. The second-order valence-corrected chi connectivity index (χ2v) is 8.21. The summed E-state index contributed by atoms with van der Waals surface area (Å²) in [4.78, 5) is 59.8. The molecule has 0 aliphatic heterocycles. The number of carbonyl (C=O) groups is 4. The molecule has 12 N–H and O–H groups in total. The van der Waals surface area contributed by atoms with E-state index < -0.39 is 60.4 Å². The Labute approximate surface area is 202 Å². The number of imidazole rings is 1. The lowest BCUT2D eigenvalue weighted by Gasteiger charge is -2.25. The third kappa shape index (κ3) is 10.4. The number of aliphatic imine (C=N–C) groups is 1. The van der Waals surface area contributed by atoms with Gasteiger partial charge in [0, 0.05) is 24.9 Å². The zero-order valence-corrected chi connectivity index (χ0v) is 19.7. The monoisotopic (exact) mass is 497 g/mol. The van der Waals surface area contributed by atoms with Crippen molar-refractivity contribution in [3.8, 4) is 0 Å². The van der Waals surface area contributed by atoms with Gasteiger partial charge >= 0.3 is 5.97 Å². The van der Waals surface area contributed by atoms with E-state index in [-0.39, 0.29) is 25.3 Å². The number of carboxylic acids is 1. The number of aromatic amines is 1. The Balaban J connectivity index is 2.89. The van der Waals surface area contributed by atoms with E-state index in [0.717, 1.165) is 0 Å². The second-order valence-electron chi connectivity index (χ2n) is 8.21. The average Bonchev–Trinajstić information content (AvgIpc) is 3.29. The number of nitrogens with one attached hydrogen (secondary N) is 4. The quantitative estimate of drug-likeness (QED) is 0.0656. The van der Waals surface area contributed by atoms with Crippen molar-refractivity contribution in [2.24, 2.45) is 28.1 Å². The topological polar surface area (TPSA) is 264 Å². The molecule has 0 bridgehead atoms. The summed E-state index contributed by atoms with van der Waals surface area (Å²) in [6.07, 6.45) is 3.49. The molecule has 0 radical (unpaired) electrons. The Morgan fingerprint density at radius 3 is 2.23 bits per heavy atom. The van der Waals surface area contributed by atoms with E-state index in [1.807, 2.05) is 0 Å². The number of hydrogen-bond acceptors (Lipinski definition) is 8. The Morgan fingerprint density at radius 2 is 1.71 bits per heavy atom. The van der Waals surface area contributed by atoms with Crippen LogP contribution in [0.2, 0.25) is 0 Å². The maximum absolute atomic E-state index is 12.9. The summed E-state index contributed by atoms with van der Waals surface area (Å²) >= 11 is 0. The van der Waals surface area contributed by atoms with E-state index in [9.17, 15) is 29.4 Å². The average molecular weight is 498 g/mol. The molecule has 4 unspecified atom stereocenters. The molecule has 15 nitrogen and oxygen atoms in total. The summed E-state index contributed by atoms with van der Waals surface area (Å²) in [5.41, 5.74) is 17.1. The van der Waals surface area contributed by atoms with Gasteiger partial charge in [-0.1, -0.05) is 13.8 Å². The molecule has 4 atom stereocenters. The van der Waals surface area contributed by atoms with Gasteiger partial charge in [0.05, 0.1) is 19.0 Å². The van der Waals surface area contributed by atoms with Gasteiger partial charge in [-0.25, -0.2) is 9.78 Å². The number of carboxylic acid groups (broad SMARTS) is 1. The van der Waals surface area contributed by atoms with Gasteiger partial charge in [0.1, 0.15) is 18.1 Å². The molecule has 1 rings (SSSR count). The number of aliphatic carboxylic acids is 1. The fourth-order valence-electron chi connectivity index (χ4n) is 3.01. The van der Waals surface area contributed by atoms with E-state index >= 15 is 0 Å². The molecule has 1 aromatic rings. The zero-order valence-electron chi connectivity index (χ0n) is 19.7. The Bertz CT molecular complexity index is 870. The van der Waals surface area contributed by atoms with E-state index in [4.69, 9.17) is 17.2 Å². The minimum absolute atomic E-state index is 0.0919. The van der Waals surface area contributed by atoms with Crippen molar-refractivity contribution in [3.63, 3.8) is 0 Å². The minimum atomic E-state index is -1.45. The Morgan fingerprint density at radius 1 is 1.09 bits per heavy atom. The van der Waals surface area contributed by atoms with E-state index in [1.54, 1.807) is 13.8 Å². The van der Waals surface area contributed by atoms with Gasteiger partial charge in [-0.05, 0) is 18.8 Å². The standard InChI is InChI=1S/C20H35N9O6/c1-10(2)15(19(34)35)29-18(33)14(8-30)28-17(32)13(4-3-5-25-20(22)23)27-16(31)12(21)6-11-7-24-9-26-11/h7,9-10,12-15,30H,3-6,8,21H2,1-2H3,(H,24,26)(H,27,31)(H,28,32)(H,29,33)(H,34,35)(H4,22,23,25). The van der Waals surface area contributed by atoms with Crippen LogP contribution >= 0.6 is 0 Å². The predicted octanol–water partition coefficient (Wildman–Crippen LogP) is -3.48. The van der Waals surface area contributed by atoms with Crippen LogP contribution in [0, 0.1) is 5.92 Å². The number of nitrogens with two attached hydrogens (primary N) is 3. The van der Waals surface area contributed by atoms with Crippen LogP contribution in [0.5, 0.6) is 0 Å². The smallest absolute Gasteiger partial charge is 0.326 e.